The molecule has 0 bridgehead atoms. The third-order valence-corrected chi connectivity index (χ3v) is 5.81. The number of fused-ring (bicyclic) bond motifs is 1. The van der Waals surface area contributed by atoms with Crippen molar-refractivity contribution in [2.45, 2.75) is 45.1 Å². The fourth-order valence-corrected chi connectivity index (χ4v) is 3.81. The van der Waals surface area contributed by atoms with Crippen LogP contribution in [0.15, 0.2) is 30.5 Å². The summed E-state index contributed by atoms with van der Waals surface area (Å²) in [5.74, 6) is 0.741. The van der Waals surface area contributed by atoms with Crippen LogP contribution in [0.25, 0.3) is 11.0 Å². The molecule has 1 N–H and O–H groups in total. The van der Waals surface area contributed by atoms with Crippen molar-refractivity contribution in [3.05, 3.63) is 47.3 Å². The molecule has 0 unspecified atom stereocenters. The summed E-state index contributed by atoms with van der Waals surface area (Å²) in [5, 5.41) is 7.82. The van der Waals surface area contributed by atoms with Gasteiger partial charge in [-0.2, -0.15) is 5.10 Å². The number of hydrogen-bond acceptors (Lipinski definition) is 7. The lowest BCUT2D eigenvalue weighted by molar-refractivity contribution is -0.124. The first-order valence-corrected chi connectivity index (χ1v) is 11.4. The quantitative estimate of drug-likeness (QED) is 0.457. The molecule has 1 amide bonds. The van der Waals surface area contributed by atoms with Crippen molar-refractivity contribution < 1.29 is 23.8 Å². The second-order valence-electron chi connectivity index (χ2n) is 8.65. The molecule has 180 valence electrons. The molecule has 0 spiro atoms. The van der Waals surface area contributed by atoms with E-state index in [-0.39, 0.29) is 18.6 Å². The number of hydrogen-bond donors (Lipinski definition) is 1. The first kappa shape index (κ1) is 23.5. The molecule has 1 aromatic carbocycles. The van der Waals surface area contributed by atoms with Crippen molar-refractivity contribution in [1.82, 2.24) is 20.1 Å². The van der Waals surface area contributed by atoms with Crippen molar-refractivity contribution in [3.8, 4) is 11.5 Å². The second kappa shape index (κ2) is 10.1. The topological polar surface area (TPSA) is 105 Å². The van der Waals surface area contributed by atoms with E-state index >= 15 is 0 Å². The Morgan fingerprint density at radius 2 is 1.91 bits per heavy atom. The molecule has 1 fully saturated rings. The summed E-state index contributed by atoms with van der Waals surface area (Å²) >= 11 is 0. The number of methoxy groups -OCH3 is 2. The van der Waals surface area contributed by atoms with Gasteiger partial charge in [-0.05, 0) is 56.9 Å². The summed E-state index contributed by atoms with van der Waals surface area (Å²) in [6, 6.07) is 7.50. The number of benzene rings is 1. The summed E-state index contributed by atoms with van der Waals surface area (Å²) < 4.78 is 17.7. The zero-order valence-electron chi connectivity index (χ0n) is 20.0. The fourth-order valence-electron chi connectivity index (χ4n) is 3.81. The number of carbonyl (C=O) groups is 2. The monoisotopic (exact) mass is 466 g/mol. The van der Waals surface area contributed by atoms with E-state index in [4.69, 9.17) is 19.2 Å². The van der Waals surface area contributed by atoms with Gasteiger partial charge in [-0.25, -0.2) is 14.5 Å². The van der Waals surface area contributed by atoms with E-state index in [0.717, 1.165) is 24.1 Å². The highest BCUT2D eigenvalue weighted by Crippen LogP contribution is 2.40. The maximum absolute atomic E-state index is 12.9. The minimum absolute atomic E-state index is 0.111. The summed E-state index contributed by atoms with van der Waals surface area (Å²) in [6.07, 6.45) is 4.36. The van der Waals surface area contributed by atoms with Crippen LogP contribution in [0.3, 0.4) is 0 Å². The molecule has 1 aliphatic rings. The number of ether oxygens (including phenoxy) is 3. The van der Waals surface area contributed by atoms with Crippen molar-refractivity contribution in [2.75, 3.05) is 27.4 Å². The number of nitrogens with zero attached hydrogens (tertiary/aromatic N) is 3. The smallest absolute Gasteiger partial charge is 0.339 e. The van der Waals surface area contributed by atoms with Gasteiger partial charge >= 0.3 is 5.97 Å². The van der Waals surface area contributed by atoms with Crippen LogP contribution in [-0.2, 0) is 16.0 Å². The maximum atomic E-state index is 12.9. The molecule has 9 heteroatoms. The molecule has 0 aliphatic heterocycles. The van der Waals surface area contributed by atoms with Crippen LogP contribution in [0, 0.1) is 0 Å². The minimum Gasteiger partial charge on any atom is -0.493 e. The van der Waals surface area contributed by atoms with Gasteiger partial charge in [0.1, 0.15) is 0 Å². The molecule has 0 saturated heterocycles. The Balaban J connectivity index is 1.36. The predicted molar refractivity (Wildman–Crippen MR) is 126 cm³/mol. The summed E-state index contributed by atoms with van der Waals surface area (Å²) in [6.45, 7) is 4.08. The van der Waals surface area contributed by atoms with E-state index < -0.39 is 5.97 Å². The van der Waals surface area contributed by atoms with Gasteiger partial charge in [-0.1, -0.05) is 6.07 Å². The Morgan fingerprint density at radius 1 is 1.15 bits per heavy atom. The predicted octanol–water partition coefficient (Wildman–Crippen LogP) is 3.42. The highest BCUT2D eigenvalue weighted by Gasteiger charge is 2.28. The van der Waals surface area contributed by atoms with E-state index in [1.165, 1.54) is 0 Å². The standard InChI is InChI=1S/C25H30N4O5/c1-15(2)29-24-19(13-27-29)18(12-20(28-24)17-6-7-17)25(31)34-14-23(30)26-10-9-16-5-8-21(32-3)22(11-16)33-4/h5,8,11-13,15,17H,6-7,9-10,14H2,1-4H3,(H,26,30). The van der Waals surface area contributed by atoms with Gasteiger partial charge in [0.15, 0.2) is 23.8 Å². The number of carbonyl (C=O) groups excluding carboxylic acids is 2. The van der Waals surface area contributed by atoms with Gasteiger partial charge in [0.25, 0.3) is 5.91 Å². The van der Waals surface area contributed by atoms with Crippen molar-refractivity contribution in [1.29, 1.82) is 0 Å². The molecule has 1 aliphatic carbocycles. The number of aromatic nitrogens is 3. The lowest BCUT2D eigenvalue weighted by atomic mass is 10.1. The van der Waals surface area contributed by atoms with Crippen LogP contribution in [0.5, 0.6) is 11.5 Å². The lowest BCUT2D eigenvalue weighted by Crippen LogP contribution is -2.30. The summed E-state index contributed by atoms with van der Waals surface area (Å²) in [5.41, 5.74) is 2.94. The van der Waals surface area contributed by atoms with Crippen molar-refractivity contribution in [2.24, 2.45) is 0 Å². The van der Waals surface area contributed by atoms with Crippen molar-refractivity contribution >= 4 is 22.9 Å². The molecule has 34 heavy (non-hydrogen) atoms. The molecule has 3 aromatic rings. The number of nitrogens with one attached hydrogen (secondary N) is 1. The molecule has 0 radical (unpaired) electrons. The van der Waals surface area contributed by atoms with Gasteiger partial charge in [0.05, 0.1) is 31.4 Å². The average Bonchev–Trinajstić information content (AvgIpc) is 3.60. The zero-order chi connectivity index (χ0) is 24.2. The summed E-state index contributed by atoms with van der Waals surface area (Å²) in [4.78, 5) is 29.9. The number of esters is 1. The molecule has 4 rings (SSSR count). The molecular formula is C25H30N4O5. The Kier molecular flexibility index (Phi) is 7.00. The highest BCUT2D eigenvalue weighted by atomic mass is 16.5. The van der Waals surface area contributed by atoms with Crippen LogP contribution in [-0.4, -0.2) is 54.0 Å². The van der Waals surface area contributed by atoms with Crippen LogP contribution >= 0.6 is 0 Å². The Morgan fingerprint density at radius 3 is 2.59 bits per heavy atom. The third kappa shape index (κ3) is 5.13. The van der Waals surface area contributed by atoms with Gasteiger partial charge in [-0.3, -0.25) is 4.79 Å². The first-order chi connectivity index (χ1) is 16.4. The molecule has 2 heterocycles. The van der Waals surface area contributed by atoms with Crippen molar-refractivity contribution in [3.63, 3.8) is 0 Å². The molecule has 0 atom stereocenters. The minimum atomic E-state index is -0.548. The van der Waals surface area contributed by atoms with Gasteiger partial charge in [-0.15, -0.1) is 0 Å². The number of amides is 1. The first-order valence-electron chi connectivity index (χ1n) is 11.4. The SMILES string of the molecule is COc1ccc(CCNC(=O)COC(=O)c2cc(C3CC3)nc3c2cnn3C(C)C)cc1OC. The average molecular weight is 467 g/mol. The van der Waals surface area contributed by atoms with Crippen LogP contribution in [0.4, 0.5) is 0 Å². The molecule has 1 saturated carbocycles. The van der Waals surface area contributed by atoms with Gasteiger partial charge in [0.2, 0.25) is 0 Å². The second-order valence-corrected chi connectivity index (χ2v) is 8.65. The van der Waals surface area contributed by atoms with Gasteiger partial charge < -0.3 is 19.5 Å². The van der Waals surface area contributed by atoms with E-state index in [1.807, 2.05) is 32.0 Å². The largest absolute Gasteiger partial charge is 0.493 e. The fraction of sp³-hybridized carbons (Fsp3) is 0.440. The maximum Gasteiger partial charge on any atom is 0.339 e. The number of pyridine rings is 1. The Bertz CT molecular complexity index is 1200. The zero-order valence-corrected chi connectivity index (χ0v) is 20.0. The van der Waals surface area contributed by atoms with Gasteiger partial charge in [0, 0.05) is 24.2 Å². The molecule has 2 aromatic heterocycles. The summed E-state index contributed by atoms with van der Waals surface area (Å²) in [7, 11) is 3.16. The lowest BCUT2D eigenvalue weighted by Gasteiger charge is -2.11. The Hall–Kier alpha value is -3.62. The van der Waals surface area contributed by atoms with E-state index in [9.17, 15) is 9.59 Å². The normalized spacial score (nSPS) is 13.2. The van der Waals surface area contributed by atoms with E-state index in [0.29, 0.717) is 47.0 Å². The number of rotatable bonds is 10. The molecular weight excluding hydrogens is 436 g/mol. The van der Waals surface area contributed by atoms with Crippen LogP contribution < -0.4 is 14.8 Å². The van der Waals surface area contributed by atoms with E-state index in [2.05, 4.69) is 10.4 Å². The van der Waals surface area contributed by atoms with Crippen LogP contribution in [0.1, 0.15) is 60.3 Å². The molecule has 9 nitrogen and oxygen atoms in total. The van der Waals surface area contributed by atoms with E-state index in [1.54, 1.807) is 31.2 Å². The van der Waals surface area contributed by atoms with Crippen LogP contribution in [0.2, 0.25) is 0 Å². The third-order valence-electron chi connectivity index (χ3n) is 5.81. The highest BCUT2D eigenvalue weighted by molar-refractivity contribution is 6.03. The Labute approximate surface area is 198 Å².